The number of thiocarbonyl (C=S) groups is 1. The molecule has 0 amide bonds. The van der Waals surface area contributed by atoms with Crippen LogP contribution < -0.4 is 19.5 Å². The summed E-state index contributed by atoms with van der Waals surface area (Å²) in [5.41, 5.74) is 3.66. The predicted octanol–water partition coefficient (Wildman–Crippen LogP) is 3.77. The molecule has 2 aromatic carbocycles. The van der Waals surface area contributed by atoms with Gasteiger partial charge in [-0.3, -0.25) is 0 Å². The zero-order valence-electron chi connectivity index (χ0n) is 18.8. The summed E-state index contributed by atoms with van der Waals surface area (Å²) in [6.45, 7) is 4.67. The third kappa shape index (κ3) is 5.60. The van der Waals surface area contributed by atoms with Gasteiger partial charge in [-0.15, -0.1) is 0 Å². The van der Waals surface area contributed by atoms with E-state index in [1.165, 1.54) is 11.1 Å². The Morgan fingerprint density at radius 2 is 1.81 bits per heavy atom. The van der Waals surface area contributed by atoms with E-state index in [4.69, 9.17) is 31.2 Å². The van der Waals surface area contributed by atoms with E-state index in [0.29, 0.717) is 30.6 Å². The van der Waals surface area contributed by atoms with Gasteiger partial charge in [0.1, 0.15) is 12.4 Å². The molecule has 1 aliphatic heterocycles. The fourth-order valence-electron chi connectivity index (χ4n) is 3.81. The monoisotopic (exact) mass is 444 g/mol. The summed E-state index contributed by atoms with van der Waals surface area (Å²) in [6.07, 6.45) is 1.87. The first-order valence-electron chi connectivity index (χ1n) is 10.6. The van der Waals surface area contributed by atoms with Crippen molar-refractivity contribution in [3.63, 3.8) is 0 Å². The maximum Gasteiger partial charge on any atom is 0.169 e. The van der Waals surface area contributed by atoms with Gasteiger partial charge in [0, 0.05) is 20.2 Å². The number of aryl methyl sites for hydroxylation is 1. The summed E-state index contributed by atoms with van der Waals surface area (Å²) in [7, 11) is 5.00. The molecular weight excluding hydrogens is 412 g/mol. The molecular formula is C24H32N2O4S. The van der Waals surface area contributed by atoms with E-state index in [-0.39, 0.29) is 6.04 Å². The average molecular weight is 445 g/mol. The van der Waals surface area contributed by atoms with Crippen molar-refractivity contribution in [3.05, 3.63) is 53.1 Å². The van der Waals surface area contributed by atoms with Crippen LogP contribution in [0, 0.1) is 0 Å². The van der Waals surface area contributed by atoms with Crippen molar-refractivity contribution in [2.75, 3.05) is 47.6 Å². The Kier molecular flexibility index (Phi) is 8.37. The number of ether oxygens (including phenoxy) is 4. The van der Waals surface area contributed by atoms with Crippen LogP contribution in [0.15, 0.2) is 36.4 Å². The maximum absolute atomic E-state index is 6.21. The molecule has 1 aliphatic rings. The van der Waals surface area contributed by atoms with Crippen LogP contribution in [-0.2, 0) is 17.6 Å². The van der Waals surface area contributed by atoms with Gasteiger partial charge in [0.05, 0.1) is 26.9 Å². The van der Waals surface area contributed by atoms with Crippen molar-refractivity contribution in [1.29, 1.82) is 0 Å². The third-order valence-electron chi connectivity index (χ3n) is 5.59. The van der Waals surface area contributed by atoms with Crippen LogP contribution in [0.2, 0.25) is 0 Å². The lowest BCUT2D eigenvalue weighted by atomic mass is 9.92. The summed E-state index contributed by atoms with van der Waals surface area (Å²) in [6, 6.07) is 12.3. The van der Waals surface area contributed by atoms with E-state index in [1.54, 1.807) is 21.3 Å². The number of benzene rings is 2. The fourth-order valence-corrected chi connectivity index (χ4v) is 4.13. The highest BCUT2D eigenvalue weighted by Gasteiger charge is 2.31. The minimum Gasteiger partial charge on any atom is -0.493 e. The summed E-state index contributed by atoms with van der Waals surface area (Å²) in [5, 5.41) is 4.00. The molecule has 6 nitrogen and oxygen atoms in total. The summed E-state index contributed by atoms with van der Waals surface area (Å²) < 4.78 is 22.4. The van der Waals surface area contributed by atoms with Gasteiger partial charge in [-0.05, 0) is 66.0 Å². The van der Waals surface area contributed by atoms with Gasteiger partial charge in [0.15, 0.2) is 16.6 Å². The van der Waals surface area contributed by atoms with Crippen LogP contribution >= 0.6 is 12.2 Å². The summed E-state index contributed by atoms with van der Waals surface area (Å²) >= 11 is 5.71. The van der Waals surface area contributed by atoms with E-state index < -0.39 is 0 Å². The molecule has 0 aromatic heterocycles. The highest BCUT2D eigenvalue weighted by atomic mass is 32.1. The van der Waals surface area contributed by atoms with Crippen molar-refractivity contribution < 1.29 is 18.9 Å². The van der Waals surface area contributed by atoms with Crippen LogP contribution in [0.3, 0.4) is 0 Å². The van der Waals surface area contributed by atoms with E-state index in [9.17, 15) is 0 Å². The molecule has 0 unspecified atom stereocenters. The van der Waals surface area contributed by atoms with Crippen molar-refractivity contribution in [2.45, 2.75) is 25.8 Å². The van der Waals surface area contributed by atoms with E-state index >= 15 is 0 Å². The second kappa shape index (κ2) is 11.2. The van der Waals surface area contributed by atoms with Crippen LogP contribution in [0.1, 0.15) is 29.7 Å². The molecule has 1 heterocycles. The zero-order valence-corrected chi connectivity index (χ0v) is 19.6. The van der Waals surface area contributed by atoms with Gasteiger partial charge < -0.3 is 29.2 Å². The molecule has 168 valence electrons. The fraction of sp³-hybridized carbons (Fsp3) is 0.458. The molecule has 0 spiro atoms. The third-order valence-corrected chi connectivity index (χ3v) is 5.96. The van der Waals surface area contributed by atoms with Gasteiger partial charge in [-0.1, -0.05) is 19.1 Å². The number of nitrogens with one attached hydrogen (secondary N) is 1. The van der Waals surface area contributed by atoms with Gasteiger partial charge in [-0.2, -0.15) is 0 Å². The predicted molar refractivity (Wildman–Crippen MR) is 126 cm³/mol. The second-order valence-corrected chi connectivity index (χ2v) is 7.79. The lowest BCUT2D eigenvalue weighted by molar-refractivity contribution is 0.182. The van der Waals surface area contributed by atoms with Crippen molar-refractivity contribution in [2.24, 2.45) is 0 Å². The summed E-state index contributed by atoms with van der Waals surface area (Å²) in [5.74, 6) is 2.30. The van der Waals surface area contributed by atoms with Gasteiger partial charge in [-0.25, -0.2) is 0 Å². The first kappa shape index (κ1) is 23.2. The molecule has 0 saturated heterocycles. The largest absolute Gasteiger partial charge is 0.493 e. The van der Waals surface area contributed by atoms with Gasteiger partial charge in [0.25, 0.3) is 0 Å². The maximum atomic E-state index is 6.21. The number of methoxy groups -OCH3 is 3. The molecule has 0 radical (unpaired) electrons. The van der Waals surface area contributed by atoms with Gasteiger partial charge in [0.2, 0.25) is 0 Å². The number of fused-ring (bicyclic) bond motifs is 1. The molecule has 31 heavy (non-hydrogen) atoms. The smallest absolute Gasteiger partial charge is 0.169 e. The van der Waals surface area contributed by atoms with Crippen LogP contribution in [0.5, 0.6) is 17.2 Å². The molecule has 2 aromatic rings. The zero-order chi connectivity index (χ0) is 22.2. The van der Waals surface area contributed by atoms with E-state index in [2.05, 4.69) is 35.3 Å². The lowest BCUT2D eigenvalue weighted by Crippen LogP contribution is -2.47. The van der Waals surface area contributed by atoms with Crippen molar-refractivity contribution >= 4 is 17.3 Å². The number of nitrogens with zero attached hydrogens (tertiary/aromatic N) is 1. The molecule has 0 bridgehead atoms. The Morgan fingerprint density at radius 1 is 1.10 bits per heavy atom. The minimum atomic E-state index is -0.0445. The number of hydrogen-bond acceptors (Lipinski definition) is 5. The molecule has 0 aliphatic carbocycles. The van der Waals surface area contributed by atoms with Crippen molar-refractivity contribution in [3.8, 4) is 17.2 Å². The topological polar surface area (TPSA) is 52.2 Å². The first-order valence-corrected chi connectivity index (χ1v) is 11.0. The Hall–Kier alpha value is -2.51. The minimum absolute atomic E-state index is 0.0445. The molecule has 1 atom stereocenters. The molecule has 3 rings (SSSR count). The van der Waals surface area contributed by atoms with E-state index in [1.807, 2.05) is 18.2 Å². The number of hydrogen-bond donors (Lipinski definition) is 1. The molecule has 0 fully saturated rings. The Balaban J connectivity index is 1.86. The molecule has 7 heteroatoms. The Morgan fingerprint density at radius 3 is 2.45 bits per heavy atom. The molecule has 1 N–H and O–H groups in total. The van der Waals surface area contributed by atoms with Crippen LogP contribution in [-0.4, -0.2) is 57.6 Å². The summed E-state index contributed by atoms with van der Waals surface area (Å²) in [4.78, 5) is 2.19. The first-order chi connectivity index (χ1) is 15.1. The quantitative estimate of drug-likeness (QED) is 0.467. The van der Waals surface area contributed by atoms with Crippen molar-refractivity contribution in [1.82, 2.24) is 10.2 Å². The molecule has 0 saturated carbocycles. The highest BCUT2D eigenvalue weighted by Crippen LogP contribution is 2.38. The normalized spacial score (nSPS) is 15.2. The Bertz CT molecular complexity index is 873. The number of rotatable bonds is 9. The van der Waals surface area contributed by atoms with Crippen LogP contribution in [0.25, 0.3) is 0 Å². The van der Waals surface area contributed by atoms with Gasteiger partial charge >= 0.3 is 0 Å². The van der Waals surface area contributed by atoms with E-state index in [0.717, 1.165) is 36.4 Å². The van der Waals surface area contributed by atoms with Crippen LogP contribution in [0.4, 0.5) is 0 Å². The SMILES string of the molecule is CCc1ccc(OC[C@H]2c3cc(OC)c(OC)cc3CCN2C(=S)NCCOC)cc1. The lowest BCUT2D eigenvalue weighted by Gasteiger charge is -2.39. The Labute approximate surface area is 190 Å². The standard InChI is InChI=1S/C24H32N2O4S/c1-5-17-6-8-19(9-7-17)30-16-21-20-15-23(29-4)22(28-3)14-18(20)10-12-26(21)24(31)25-11-13-27-2/h6-9,14-15,21H,5,10-13,16H2,1-4H3,(H,25,31)/t21-/m0/s1. The second-order valence-electron chi connectivity index (χ2n) is 7.40. The average Bonchev–Trinajstić information content (AvgIpc) is 2.81. The highest BCUT2D eigenvalue weighted by molar-refractivity contribution is 7.80.